The lowest BCUT2D eigenvalue weighted by molar-refractivity contribution is -0.113. The Kier molecular flexibility index (Phi) is 4.85. The summed E-state index contributed by atoms with van der Waals surface area (Å²) < 4.78 is 5.32. The molecule has 0 aliphatic rings. The summed E-state index contributed by atoms with van der Waals surface area (Å²) in [6.45, 7) is 5.85. The molecule has 0 saturated heterocycles. The van der Waals surface area contributed by atoms with Crippen LogP contribution in [0.1, 0.15) is 31.2 Å². The maximum absolute atomic E-state index is 11.8. The highest BCUT2D eigenvalue weighted by Gasteiger charge is 2.12. The predicted octanol–water partition coefficient (Wildman–Crippen LogP) is 2.81. The van der Waals surface area contributed by atoms with Crippen LogP contribution < -0.4 is 11.1 Å². The lowest BCUT2D eigenvalue weighted by Gasteiger charge is -2.05. The van der Waals surface area contributed by atoms with Crippen LogP contribution in [-0.2, 0) is 4.79 Å². The van der Waals surface area contributed by atoms with E-state index in [4.69, 9.17) is 10.2 Å². The Labute approximate surface area is 127 Å². The van der Waals surface area contributed by atoms with Crippen molar-refractivity contribution in [1.29, 1.82) is 0 Å². The van der Waals surface area contributed by atoms with Crippen LogP contribution in [0.3, 0.4) is 0 Å². The van der Waals surface area contributed by atoms with E-state index in [0.717, 1.165) is 10.5 Å². The molecule has 0 radical (unpaired) electrons. The van der Waals surface area contributed by atoms with Crippen molar-refractivity contribution in [3.63, 3.8) is 0 Å². The summed E-state index contributed by atoms with van der Waals surface area (Å²) in [5, 5.41) is 10.2. The van der Waals surface area contributed by atoms with Gasteiger partial charge in [-0.2, -0.15) is 0 Å². The summed E-state index contributed by atoms with van der Waals surface area (Å²) in [6, 6.07) is 5.88. The van der Waals surface area contributed by atoms with E-state index in [9.17, 15) is 4.79 Å². The average Bonchev–Trinajstić information content (AvgIpc) is 2.86. The number of benzene rings is 1. The van der Waals surface area contributed by atoms with Gasteiger partial charge in [0, 0.05) is 16.5 Å². The topological polar surface area (TPSA) is 94.0 Å². The molecular weight excluding hydrogens is 288 g/mol. The van der Waals surface area contributed by atoms with E-state index in [1.165, 1.54) is 11.8 Å². The van der Waals surface area contributed by atoms with Gasteiger partial charge in [-0.15, -0.1) is 16.9 Å². The normalized spacial score (nSPS) is 10.9. The van der Waals surface area contributed by atoms with Gasteiger partial charge in [0.25, 0.3) is 0 Å². The minimum absolute atomic E-state index is 0.126. The fourth-order valence-corrected chi connectivity index (χ4v) is 2.37. The zero-order valence-electron chi connectivity index (χ0n) is 12.2. The maximum Gasteiger partial charge on any atom is 0.322 e. The van der Waals surface area contributed by atoms with E-state index < -0.39 is 0 Å². The molecule has 2 aromatic rings. The van der Waals surface area contributed by atoms with Crippen LogP contribution in [0.25, 0.3) is 0 Å². The first kappa shape index (κ1) is 15.4. The van der Waals surface area contributed by atoms with Gasteiger partial charge in [-0.25, -0.2) is 0 Å². The van der Waals surface area contributed by atoms with Gasteiger partial charge in [0.1, 0.15) is 0 Å². The number of nitrogens with one attached hydrogen (secondary N) is 1. The lowest BCUT2D eigenvalue weighted by Crippen LogP contribution is -2.14. The molecule has 6 nitrogen and oxygen atoms in total. The van der Waals surface area contributed by atoms with Crippen LogP contribution in [0.4, 0.5) is 11.7 Å². The van der Waals surface area contributed by atoms with Gasteiger partial charge < -0.3 is 10.2 Å². The number of amides is 1. The molecule has 0 bridgehead atoms. The Hall–Kier alpha value is -2.02. The summed E-state index contributed by atoms with van der Waals surface area (Å²) in [6.07, 6.45) is 0. The van der Waals surface area contributed by atoms with Gasteiger partial charge in [-0.05, 0) is 24.6 Å². The largest absolute Gasteiger partial charge is 0.408 e. The van der Waals surface area contributed by atoms with Gasteiger partial charge in [0.05, 0.1) is 5.75 Å². The van der Waals surface area contributed by atoms with Crippen molar-refractivity contribution >= 4 is 29.4 Å². The molecule has 1 amide bonds. The smallest absolute Gasteiger partial charge is 0.322 e. The molecule has 0 atom stereocenters. The van der Waals surface area contributed by atoms with E-state index in [1.807, 2.05) is 39.0 Å². The molecule has 1 aromatic carbocycles. The number of aromatic nitrogens is 2. The van der Waals surface area contributed by atoms with Crippen molar-refractivity contribution in [2.45, 2.75) is 31.6 Å². The summed E-state index contributed by atoms with van der Waals surface area (Å²) in [4.78, 5) is 12.7. The number of nitrogens with zero attached hydrogens (tertiary/aromatic N) is 2. The van der Waals surface area contributed by atoms with Crippen molar-refractivity contribution in [2.24, 2.45) is 0 Å². The Morgan fingerprint density at radius 3 is 2.81 bits per heavy atom. The Balaban J connectivity index is 1.89. The molecule has 0 aliphatic carbocycles. The minimum Gasteiger partial charge on any atom is -0.408 e. The highest BCUT2D eigenvalue weighted by atomic mass is 32.2. The predicted molar refractivity (Wildman–Crippen MR) is 83.3 cm³/mol. The van der Waals surface area contributed by atoms with Gasteiger partial charge in [0.15, 0.2) is 0 Å². The summed E-state index contributed by atoms with van der Waals surface area (Å²) in [7, 11) is 0. The van der Waals surface area contributed by atoms with Crippen molar-refractivity contribution in [2.75, 3.05) is 16.8 Å². The van der Waals surface area contributed by atoms with Crippen LogP contribution >= 0.6 is 11.8 Å². The van der Waals surface area contributed by atoms with Crippen LogP contribution in [-0.4, -0.2) is 21.9 Å². The quantitative estimate of drug-likeness (QED) is 0.651. The van der Waals surface area contributed by atoms with Crippen LogP contribution in [0.2, 0.25) is 0 Å². The minimum atomic E-state index is -0.209. The zero-order chi connectivity index (χ0) is 15.4. The number of thioether (sulfide) groups is 1. The maximum atomic E-state index is 11.8. The van der Waals surface area contributed by atoms with Crippen molar-refractivity contribution < 1.29 is 9.21 Å². The SMILES string of the molecule is Cc1ccc(SCC(=O)Nc2nnc(C(C)C)o2)c(N)c1. The number of hydrogen-bond acceptors (Lipinski definition) is 6. The van der Waals surface area contributed by atoms with E-state index in [-0.39, 0.29) is 23.6 Å². The molecule has 1 heterocycles. The monoisotopic (exact) mass is 306 g/mol. The molecule has 3 N–H and O–H groups in total. The van der Waals surface area contributed by atoms with Gasteiger partial charge in [-0.1, -0.05) is 25.0 Å². The molecule has 7 heteroatoms. The number of nitrogen functional groups attached to an aromatic ring is 1. The number of nitrogens with two attached hydrogens (primary N) is 1. The van der Waals surface area contributed by atoms with E-state index in [1.54, 1.807) is 0 Å². The number of carbonyl (C=O) groups excluding carboxylic acids is 1. The third-order valence-electron chi connectivity index (χ3n) is 2.70. The standard InChI is InChI=1S/C14H18N4O2S/c1-8(2)13-17-18-14(20-13)16-12(19)7-21-11-5-4-9(3)6-10(11)15/h4-6,8H,7,15H2,1-3H3,(H,16,18,19). The fourth-order valence-electron chi connectivity index (χ4n) is 1.62. The first-order valence-corrected chi connectivity index (χ1v) is 7.56. The second-order valence-corrected chi connectivity index (χ2v) is 6.00. The Morgan fingerprint density at radius 1 is 1.43 bits per heavy atom. The number of hydrogen-bond donors (Lipinski definition) is 2. The molecule has 0 aliphatic heterocycles. The number of anilines is 2. The summed E-state index contributed by atoms with van der Waals surface area (Å²) in [5.41, 5.74) is 7.67. The van der Waals surface area contributed by atoms with E-state index in [2.05, 4.69) is 15.5 Å². The third-order valence-corrected chi connectivity index (χ3v) is 3.79. The van der Waals surface area contributed by atoms with Gasteiger partial charge in [0.2, 0.25) is 11.8 Å². The average molecular weight is 306 g/mol. The number of carbonyl (C=O) groups is 1. The summed E-state index contributed by atoms with van der Waals surface area (Å²) >= 11 is 1.37. The van der Waals surface area contributed by atoms with Crippen molar-refractivity contribution in [3.8, 4) is 0 Å². The number of aryl methyl sites for hydroxylation is 1. The lowest BCUT2D eigenvalue weighted by atomic mass is 10.2. The molecule has 0 spiro atoms. The van der Waals surface area contributed by atoms with Crippen LogP contribution in [0, 0.1) is 6.92 Å². The van der Waals surface area contributed by atoms with Crippen LogP contribution in [0.5, 0.6) is 0 Å². The first-order chi connectivity index (χ1) is 9.95. The molecule has 112 valence electrons. The molecule has 0 saturated carbocycles. The molecule has 21 heavy (non-hydrogen) atoms. The fraction of sp³-hybridized carbons (Fsp3) is 0.357. The van der Waals surface area contributed by atoms with Gasteiger partial charge >= 0.3 is 6.01 Å². The third kappa shape index (κ3) is 4.22. The van der Waals surface area contributed by atoms with Crippen molar-refractivity contribution in [1.82, 2.24) is 10.2 Å². The molecule has 2 rings (SSSR count). The zero-order valence-corrected chi connectivity index (χ0v) is 13.0. The number of rotatable bonds is 5. The van der Waals surface area contributed by atoms with Crippen LogP contribution in [0.15, 0.2) is 27.5 Å². The Morgan fingerprint density at radius 2 is 2.19 bits per heavy atom. The van der Waals surface area contributed by atoms with Gasteiger partial charge in [-0.3, -0.25) is 10.1 Å². The Bertz CT molecular complexity index is 640. The first-order valence-electron chi connectivity index (χ1n) is 6.58. The molecule has 0 unspecified atom stereocenters. The second kappa shape index (κ2) is 6.62. The van der Waals surface area contributed by atoms with E-state index >= 15 is 0 Å². The molecule has 1 aromatic heterocycles. The second-order valence-electron chi connectivity index (χ2n) is 4.98. The van der Waals surface area contributed by atoms with Crippen molar-refractivity contribution in [3.05, 3.63) is 29.7 Å². The highest BCUT2D eigenvalue weighted by Crippen LogP contribution is 2.25. The summed E-state index contributed by atoms with van der Waals surface area (Å²) in [5.74, 6) is 0.650. The molecular formula is C14H18N4O2S. The highest BCUT2D eigenvalue weighted by molar-refractivity contribution is 8.00. The molecule has 0 fully saturated rings. The van der Waals surface area contributed by atoms with E-state index in [0.29, 0.717) is 11.6 Å².